The van der Waals surface area contributed by atoms with Crippen LogP contribution in [0, 0.1) is 11.6 Å². The van der Waals surface area contributed by atoms with Gasteiger partial charge in [0, 0.05) is 49.3 Å². The summed E-state index contributed by atoms with van der Waals surface area (Å²) >= 11 is 0. The summed E-state index contributed by atoms with van der Waals surface area (Å²) in [7, 11) is 1.42. The average Bonchev–Trinajstić information content (AvgIpc) is 3.13. The number of methoxy groups -OCH3 is 1. The van der Waals surface area contributed by atoms with Gasteiger partial charge in [-0.05, 0) is 39.0 Å². The fraction of sp³-hybridized carbons (Fsp3) is 0.455. The minimum atomic E-state index is -0.712. The first-order chi connectivity index (χ1) is 14.1. The molecule has 1 atom stereocenters. The number of carbonyl (C=O) groups is 2. The van der Waals surface area contributed by atoms with Gasteiger partial charge in [-0.3, -0.25) is 9.59 Å². The van der Waals surface area contributed by atoms with E-state index >= 15 is 0 Å². The van der Waals surface area contributed by atoms with Gasteiger partial charge in [-0.2, -0.15) is 0 Å². The number of aromatic nitrogens is 1. The number of amides is 2. The zero-order valence-electron chi connectivity index (χ0n) is 17.7. The molecule has 8 heteroatoms. The Hall–Kier alpha value is -2.74. The van der Waals surface area contributed by atoms with Crippen molar-refractivity contribution < 1.29 is 23.1 Å². The predicted molar refractivity (Wildman–Crippen MR) is 108 cm³/mol. The van der Waals surface area contributed by atoms with E-state index in [9.17, 15) is 18.4 Å². The third-order valence-electron chi connectivity index (χ3n) is 5.29. The Balaban J connectivity index is 1.96. The van der Waals surface area contributed by atoms with Crippen molar-refractivity contribution in [2.24, 2.45) is 0 Å². The van der Waals surface area contributed by atoms with Crippen molar-refractivity contribution in [3.8, 4) is 0 Å². The summed E-state index contributed by atoms with van der Waals surface area (Å²) in [5.74, 6) is -2.00. The van der Waals surface area contributed by atoms with Gasteiger partial charge in [0.05, 0.1) is 0 Å². The maximum atomic E-state index is 14.7. The highest BCUT2D eigenvalue weighted by Gasteiger charge is 2.36. The van der Waals surface area contributed by atoms with Gasteiger partial charge >= 0.3 is 0 Å². The monoisotopic (exact) mass is 419 g/mol. The van der Waals surface area contributed by atoms with E-state index in [4.69, 9.17) is 4.74 Å². The Bertz CT molecular complexity index is 936. The fourth-order valence-electron chi connectivity index (χ4n) is 3.83. The fourth-order valence-corrected chi connectivity index (χ4v) is 3.83. The second-order valence-corrected chi connectivity index (χ2v) is 8.37. The molecule has 30 heavy (non-hydrogen) atoms. The number of ether oxygens (including phenoxy) is 1. The summed E-state index contributed by atoms with van der Waals surface area (Å²) in [6.07, 6.45) is 1.87. The molecule has 0 N–H and O–H groups in total. The Labute approximate surface area is 175 Å². The van der Waals surface area contributed by atoms with Crippen LogP contribution in [0.15, 0.2) is 36.5 Å². The second kappa shape index (κ2) is 8.55. The first-order valence-corrected chi connectivity index (χ1v) is 9.82. The topological polar surface area (TPSA) is 54.8 Å². The third kappa shape index (κ3) is 4.38. The van der Waals surface area contributed by atoms with Gasteiger partial charge < -0.3 is 19.1 Å². The highest BCUT2D eigenvalue weighted by atomic mass is 19.1. The van der Waals surface area contributed by atoms with E-state index in [1.165, 1.54) is 24.1 Å². The van der Waals surface area contributed by atoms with E-state index < -0.39 is 23.2 Å². The van der Waals surface area contributed by atoms with E-state index in [0.29, 0.717) is 13.1 Å². The van der Waals surface area contributed by atoms with Crippen molar-refractivity contribution in [3.05, 3.63) is 59.4 Å². The Kier molecular flexibility index (Phi) is 6.26. The van der Waals surface area contributed by atoms with Gasteiger partial charge in [0.2, 0.25) is 11.8 Å². The molecule has 2 heterocycles. The first kappa shape index (κ1) is 22.0. The molecule has 162 valence electrons. The van der Waals surface area contributed by atoms with E-state index in [1.54, 1.807) is 4.90 Å². The highest BCUT2D eigenvalue weighted by molar-refractivity contribution is 5.86. The number of nitrogens with zero attached hydrogens (tertiary/aromatic N) is 3. The molecular formula is C22H27F2N3O3. The van der Waals surface area contributed by atoms with Gasteiger partial charge in [-0.15, -0.1) is 0 Å². The summed E-state index contributed by atoms with van der Waals surface area (Å²) in [6.45, 7) is 6.12. The van der Waals surface area contributed by atoms with Crippen LogP contribution in [0.1, 0.15) is 38.1 Å². The summed E-state index contributed by atoms with van der Waals surface area (Å²) in [4.78, 5) is 28.9. The Morgan fingerprint density at radius 1 is 1.20 bits per heavy atom. The number of rotatable bonds is 5. The van der Waals surface area contributed by atoms with Crippen molar-refractivity contribution in [1.82, 2.24) is 14.4 Å². The van der Waals surface area contributed by atoms with Crippen molar-refractivity contribution in [3.63, 3.8) is 0 Å². The SMILES string of the molecule is COCC(=O)N(CC(=O)N1CCn2cccc2C1c1ccc(F)cc1F)C(C)(C)C. The molecule has 1 aliphatic heterocycles. The van der Waals surface area contributed by atoms with Crippen LogP contribution in [0.5, 0.6) is 0 Å². The van der Waals surface area contributed by atoms with E-state index in [0.717, 1.165) is 11.8 Å². The Morgan fingerprint density at radius 2 is 1.93 bits per heavy atom. The molecule has 2 aromatic rings. The lowest BCUT2D eigenvalue weighted by Gasteiger charge is -2.41. The molecule has 1 aromatic carbocycles. The van der Waals surface area contributed by atoms with Crippen LogP contribution < -0.4 is 0 Å². The summed E-state index contributed by atoms with van der Waals surface area (Å²) in [6, 6.07) is 6.33. The van der Waals surface area contributed by atoms with Crippen LogP contribution in [0.3, 0.4) is 0 Å². The van der Waals surface area contributed by atoms with E-state index in [2.05, 4.69) is 0 Å². The molecule has 3 rings (SSSR count). The summed E-state index contributed by atoms with van der Waals surface area (Å²) in [5.41, 5.74) is 0.360. The molecule has 1 aromatic heterocycles. The highest BCUT2D eigenvalue weighted by Crippen LogP contribution is 2.34. The van der Waals surface area contributed by atoms with E-state index in [-0.39, 0.29) is 30.5 Å². The molecule has 0 radical (unpaired) electrons. The van der Waals surface area contributed by atoms with Crippen LogP contribution in [0.4, 0.5) is 8.78 Å². The van der Waals surface area contributed by atoms with Gasteiger partial charge in [0.25, 0.3) is 0 Å². The number of hydrogen-bond donors (Lipinski definition) is 0. The number of hydrogen-bond acceptors (Lipinski definition) is 3. The number of carbonyl (C=O) groups excluding carboxylic acids is 2. The van der Waals surface area contributed by atoms with Crippen molar-refractivity contribution in [2.45, 2.75) is 38.9 Å². The Morgan fingerprint density at radius 3 is 2.57 bits per heavy atom. The van der Waals surface area contributed by atoms with Gasteiger partial charge in [0.1, 0.15) is 30.8 Å². The molecule has 0 saturated carbocycles. The average molecular weight is 419 g/mol. The van der Waals surface area contributed by atoms with Crippen LogP contribution >= 0.6 is 0 Å². The van der Waals surface area contributed by atoms with Crippen molar-refractivity contribution in [2.75, 3.05) is 26.8 Å². The molecular weight excluding hydrogens is 392 g/mol. The molecule has 6 nitrogen and oxygen atoms in total. The predicted octanol–water partition coefficient (Wildman–Crippen LogP) is 2.97. The molecule has 0 fully saturated rings. The van der Waals surface area contributed by atoms with Gasteiger partial charge in [-0.25, -0.2) is 8.78 Å². The zero-order chi connectivity index (χ0) is 22.1. The van der Waals surface area contributed by atoms with Crippen molar-refractivity contribution in [1.29, 1.82) is 0 Å². The second-order valence-electron chi connectivity index (χ2n) is 8.37. The standard InChI is InChI=1S/C22H27F2N3O3/c1-22(2,3)27(20(29)14-30-4)13-19(28)26-11-10-25-9-5-6-18(25)21(26)16-8-7-15(23)12-17(16)24/h5-9,12,21H,10-11,13-14H2,1-4H3. The first-order valence-electron chi connectivity index (χ1n) is 9.82. The minimum Gasteiger partial charge on any atom is -0.375 e. The maximum Gasteiger partial charge on any atom is 0.249 e. The molecule has 1 unspecified atom stereocenters. The maximum absolute atomic E-state index is 14.7. The molecule has 0 bridgehead atoms. The molecule has 1 aliphatic rings. The summed E-state index contributed by atoms with van der Waals surface area (Å²) < 4.78 is 35.1. The zero-order valence-corrected chi connectivity index (χ0v) is 17.7. The largest absolute Gasteiger partial charge is 0.375 e. The lowest BCUT2D eigenvalue weighted by atomic mass is 9.98. The lowest BCUT2D eigenvalue weighted by Crippen LogP contribution is -2.54. The molecule has 2 amide bonds. The number of fused-ring (bicyclic) bond motifs is 1. The normalized spacial score (nSPS) is 16.3. The number of benzene rings is 1. The summed E-state index contributed by atoms with van der Waals surface area (Å²) in [5, 5.41) is 0. The van der Waals surface area contributed by atoms with E-state index in [1.807, 2.05) is 43.7 Å². The lowest BCUT2D eigenvalue weighted by molar-refractivity contribution is -0.148. The van der Waals surface area contributed by atoms with Gasteiger partial charge in [-0.1, -0.05) is 6.07 Å². The third-order valence-corrected chi connectivity index (χ3v) is 5.29. The molecule has 0 aliphatic carbocycles. The van der Waals surface area contributed by atoms with Gasteiger partial charge in [0.15, 0.2) is 0 Å². The number of halogens is 2. The van der Waals surface area contributed by atoms with Crippen molar-refractivity contribution >= 4 is 11.8 Å². The van der Waals surface area contributed by atoms with Crippen LogP contribution in [0.2, 0.25) is 0 Å². The molecule has 0 saturated heterocycles. The van der Waals surface area contributed by atoms with Crippen LogP contribution in [-0.4, -0.2) is 58.5 Å². The quantitative estimate of drug-likeness (QED) is 0.749. The molecule has 0 spiro atoms. The van der Waals surface area contributed by atoms with Crippen LogP contribution in [0.25, 0.3) is 0 Å². The smallest absolute Gasteiger partial charge is 0.249 e. The minimum absolute atomic E-state index is 0.135. The van der Waals surface area contributed by atoms with Crippen LogP contribution in [-0.2, 0) is 20.9 Å².